The molecule has 2 aromatic rings. The van der Waals surface area contributed by atoms with Crippen molar-refractivity contribution in [1.82, 2.24) is 5.32 Å². The number of nitrogens with one attached hydrogen (secondary N) is 1. The molecule has 7 nitrogen and oxygen atoms in total. The second kappa shape index (κ2) is 8.72. The van der Waals surface area contributed by atoms with Crippen LogP contribution in [0.2, 0.25) is 0 Å². The van der Waals surface area contributed by atoms with E-state index < -0.39 is 24.0 Å². The summed E-state index contributed by atoms with van der Waals surface area (Å²) in [6, 6.07) is 15.0. The maximum atomic E-state index is 12.4. The fourth-order valence-corrected chi connectivity index (χ4v) is 2.69. The average molecular weight is 368 g/mol. The molecule has 0 fully saturated rings. The largest absolute Gasteiger partial charge is 0.493 e. The number of nitrogens with zero attached hydrogens (tertiary/aromatic N) is 1. The van der Waals surface area contributed by atoms with Crippen LogP contribution >= 0.6 is 0 Å². The Labute approximate surface area is 157 Å². The Morgan fingerprint density at radius 2 is 1.89 bits per heavy atom. The van der Waals surface area contributed by atoms with Crippen LogP contribution in [0.15, 0.2) is 48.5 Å². The standard InChI is InChI=1S/C20H20N2O5/c1-3-20(19(24)25,15-7-5-4-6-8-15)22-18(23)13-27-16-10-9-14(12-21)11-17(16)26-2/h4-11H,3,13H2,1-2H3,(H,22,23)(H,24,25). The SMILES string of the molecule is CCC(NC(=O)COc1ccc(C#N)cc1OC)(C(=O)O)c1ccccc1. The number of ether oxygens (including phenoxy) is 2. The van der Waals surface area contributed by atoms with E-state index in [0.717, 1.165) is 0 Å². The van der Waals surface area contributed by atoms with Crippen LogP contribution in [0.4, 0.5) is 0 Å². The zero-order valence-electron chi connectivity index (χ0n) is 15.1. The number of methoxy groups -OCH3 is 1. The number of aliphatic carboxylic acids is 1. The van der Waals surface area contributed by atoms with E-state index in [4.69, 9.17) is 14.7 Å². The van der Waals surface area contributed by atoms with Gasteiger partial charge in [-0.3, -0.25) is 4.79 Å². The lowest BCUT2D eigenvalue weighted by Gasteiger charge is -2.30. The summed E-state index contributed by atoms with van der Waals surface area (Å²) in [6.07, 6.45) is 0.165. The van der Waals surface area contributed by atoms with Gasteiger partial charge >= 0.3 is 5.97 Å². The van der Waals surface area contributed by atoms with Crippen LogP contribution in [-0.2, 0) is 15.1 Å². The predicted molar refractivity (Wildman–Crippen MR) is 97.4 cm³/mol. The lowest BCUT2D eigenvalue weighted by molar-refractivity contribution is -0.148. The third-order valence-electron chi connectivity index (χ3n) is 4.17. The van der Waals surface area contributed by atoms with Gasteiger partial charge in [-0.1, -0.05) is 37.3 Å². The van der Waals surface area contributed by atoms with Crippen molar-refractivity contribution < 1.29 is 24.2 Å². The number of carboxylic acid groups (broad SMARTS) is 1. The summed E-state index contributed by atoms with van der Waals surface area (Å²) in [7, 11) is 1.42. The number of amides is 1. The van der Waals surface area contributed by atoms with E-state index >= 15 is 0 Å². The normalized spacial score (nSPS) is 12.3. The highest BCUT2D eigenvalue weighted by molar-refractivity contribution is 5.88. The van der Waals surface area contributed by atoms with Crippen LogP contribution in [0.25, 0.3) is 0 Å². The molecule has 0 radical (unpaired) electrons. The lowest BCUT2D eigenvalue weighted by atomic mass is 9.87. The first-order chi connectivity index (χ1) is 13.0. The third-order valence-corrected chi connectivity index (χ3v) is 4.17. The first kappa shape index (κ1) is 19.8. The molecule has 0 saturated heterocycles. The zero-order chi connectivity index (χ0) is 19.9. The van der Waals surface area contributed by atoms with Gasteiger partial charge in [0.05, 0.1) is 18.7 Å². The molecule has 2 N–H and O–H groups in total. The van der Waals surface area contributed by atoms with Crippen molar-refractivity contribution in [3.05, 3.63) is 59.7 Å². The molecule has 140 valence electrons. The van der Waals surface area contributed by atoms with E-state index in [1.807, 2.05) is 6.07 Å². The highest BCUT2D eigenvalue weighted by Gasteiger charge is 2.40. The molecule has 7 heteroatoms. The molecule has 1 atom stereocenters. The molecule has 1 unspecified atom stereocenters. The number of carbonyl (C=O) groups is 2. The second-order valence-corrected chi connectivity index (χ2v) is 5.74. The molecule has 0 spiro atoms. The minimum atomic E-state index is -1.55. The van der Waals surface area contributed by atoms with Crippen LogP contribution in [0, 0.1) is 11.3 Å². The molecule has 1 amide bonds. The predicted octanol–water partition coefficient (Wildman–Crippen LogP) is 2.45. The van der Waals surface area contributed by atoms with E-state index in [0.29, 0.717) is 16.9 Å². The summed E-state index contributed by atoms with van der Waals surface area (Å²) in [4.78, 5) is 24.3. The van der Waals surface area contributed by atoms with E-state index in [1.54, 1.807) is 37.3 Å². The van der Waals surface area contributed by atoms with Crippen LogP contribution in [0.5, 0.6) is 11.5 Å². The second-order valence-electron chi connectivity index (χ2n) is 5.74. The van der Waals surface area contributed by atoms with Crippen LogP contribution in [0.1, 0.15) is 24.5 Å². The summed E-state index contributed by atoms with van der Waals surface area (Å²) in [6.45, 7) is 1.29. The molecular weight excluding hydrogens is 348 g/mol. The van der Waals surface area contributed by atoms with Crippen LogP contribution in [-0.4, -0.2) is 30.7 Å². The van der Waals surface area contributed by atoms with Gasteiger partial charge in [-0.15, -0.1) is 0 Å². The third kappa shape index (κ3) is 4.36. The van der Waals surface area contributed by atoms with Crippen molar-refractivity contribution >= 4 is 11.9 Å². The maximum Gasteiger partial charge on any atom is 0.334 e. The number of rotatable bonds is 8. The summed E-state index contributed by atoms with van der Waals surface area (Å²) < 4.78 is 10.6. The monoisotopic (exact) mass is 368 g/mol. The number of carboxylic acids is 1. The smallest absolute Gasteiger partial charge is 0.334 e. The Morgan fingerprint density at radius 3 is 2.44 bits per heavy atom. The molecule has 0 aliphatic rings. The molecule has 2 aromatic carbocycles. The van der Waals surface area contributed by atoms with E-state index in [-0.39, 0.29) is 12.2 Å². The number of hydrogen-bond acceptors (Lipinski definition) is 5. The highest BCUT2D eigenvalue weighted by atomic mass is 16.5. The Bertz CT molecular complexity index is 860. The molecule has 27 heavy (non-hydrogen) atoms. The minimum absolute atomic E-state index is 0.165. The lowest BCUT2D eigenvalue weighted by Crippen LogP contribution is -2.52. The first-order valence-electron chi connectivity index (χ1n) is 8.27. The topological polar surface area (TPSA) is 109 Å². The fraction of sp³-hybridized carbons (Fsp3) is 0.250. The summed E-state index contributed by atoms with van der Waals surface area (Å²) in [5.41, 5.74) is -0.677. The van der Waals surface area contributed by atoms with Gasteiger partial charge in [0, 0.05) is 6.07 Å². The van der Waals surface area contributed by atoms with Crippen LogP contribution < -0.4 is 14.8 Å². The first-order valence-corrected chi connectivity index (χ1v) is 8.27. The zero-order valence-corrected chi connectivity index (χ0v) is 15.1. The molecule has 0 heterocycles. The van der Waals surface area contributed by atoms with E-state index in [2.05, 4.69) is 5.32 Å². The van der Waals surface area contributed by atoms with Crippen molar-refractivity contribution in [3.63, 3.8) is 0 Å². The summed E-state index contributed by atoms with van der Waals surface area (Å²) >= 11 is 0. The molecule has 0 aliphatic carbocycles. The molecule has 0 saturated carbocycles. The molecule has 0 aromatic heterocycles. The fourth-order valence-electron chi connectivity index (χ4n) is 2.69. The van der Waals surface area contributed by atoms with Crippen molar-refractivity contribution in [1.29, 1.82) is 5.26 Å². The summed E-state index contributed by atoms with van der Waals surface area (Å²) in [5, 5.41) is 21.2. The van der Waals surface area contributed by atoms with Crippen molar-refractivity contribution in [2.75, 3.05) is 13.7 Å². The van der Waals surface area contributed by atoms with Crippen molar-refractivity contribution in [2.45, 2.75) is 18.9 Å². The number of carbonyl (C=O) groups excluding carboxylic acids is 1. The van der Waals surface area contributed by atoms with Gasteiger partial charge in [0.15, 0.2) is 23.6 Å². The number of hydrogen-bond donors (Lipinski definition) is 2. The van der Waals surface area contributed by atoms with E-state index in [9.17, 15) is 14.7 Å². The molecular formula is C20H20N2O5. The van der Waals surface area contributed by atoms with Gasteiger partial charge < -0.3 is 19.9 Å². The van der Waals surface area contributed by atoms with Crippen molar-refractivity contribution in [2.24, 2.45) is 0 Å². The van der Waals surface area contributed by atoms with Gasteiger partial charge in [-0.25, -0.2) is 4.79 Å². The minimum Gasteiger partial charge on any atom is -0.493 e. The van der Waals surface area contributed by atoms with Crippen molar-refractivity contribution in [3.8, 4) is 17.6 Å². The Kier molecular flexibility index (Phi) is 6.39. The Morgan fingerprint density at radius 1 is 1.19 bits per heavy atom. The van der Waals surface area contributed by atoms with Gasteiger partial charge in [0.25, 0.3) is 5.91 Å². The maximum absolute atomic E-state index is 12.4. The average Bonchev–Trinajstić information content (AvgIpc) is 2.70. The molecule has 2 rings (SSSR count). The highest BCUT2D eigenvalue weighted by Crippen LogP contribution is 2.28. The summed E-state index contributed by atoms with van der Waals surface area (Å²) in [5.74, 6) is -1.15. The quantitative estimate of drug-likeness (QED) is 0.741. The molecule has 0 aliphatic heterocycles. The Hall–Kier alpha value is -3.53. The van der Waals surface area contributed by atoms with Gasteiger partial charge in [-0.05, 0) is 24.1 Å². The van der Waals surface area contributed by atoms with Gasteiger partial charge in [-0.2, -0.15) is 5.26 Å². The number of benzene rings is 2. The van der Waals surface area contributed by atoms with Gasteiger partial charge in [0.2, 0.25) is 0 Å². The Balaban J connectivity index is 2.16. The van der Waals surface area contributed by atoms with Crippen LogP contribution in [0.3, 0.4) is 0 Å². The van der Waals surface area contributed by atoms with Gasteiger partial charge in [0.1, 0.15) is 0 Å². The molecule has 0 bridgehead atoms. The number of nitriles is 1. The van der Waals surface area contributed by atoms with E-state index in [1.165, 1.54) is 25.3 Å².